The van der Waals surface area contributed by atoms with Crippen molar-refractivity contribution in [2.24, 2.45) is 0 Å². The summed E-state index contributed by atoms with van der Waals surface area (Å²) < 4.78 is 12.3. The summed E-state index contributed by atoms with van der Waals surface area (Å²) in [5, 5.41) is 0. The van der Waals surface area contributed by atoms with Gasteiger partial charge in [-0.05, 0) is 43.5 Å². The van der Waals surface area contributed by atoms with E-state index in [0.29, 0.717) is 36.1 Å². The maximum atomic E-state index is 13.3. The molecule has 7 nitrogen and oxygen atoms in total. The molecule has 0 unspecified atom stereocenters. The van der Waals surface area contributed by atoms with Crippen molar-refractivity contribution in [2.75, 3.05) is 46.5 Å². The van der Waals surface area contributed by atoms with Gasteiger partial charge < -0.3 is 14.4 Å². The third-order valence-corrected chi connectivity index (χ3v) is 6.17. The average Bonchev–Trinajstić information content (AvgIpc) is 2.80. The van der Waals surface area contributed by atoms with E-state index in [1.165, 1.54) is 4.57 Å². The van der Waals surface area contributed by atoms with Gasteiger partial charge in [0.15, 0.2) is 0 Å². The molecular weight excluding hydrogens is 382 g/mol. The summed E-state index contributed by atoms with van der Waals surface area (Å²) in [4.78, 5) is 30.9. The van der Waals surface area contributed by atoms with Crippen LogP contribution in [0.15, 0.2) is 41.3 Å². The lowest BCUT2D eigenvalue weighted by atomic mass is 10.0. The van der Waals surface area contributed by atoms with Gasteiger partial charge in [-0.3, -0.25) is 19.1 Å². The number of amides is 1. The summed E-state index contributed by atoms with van der Waals surface area (Å²) in [6.45, 7) is 6.64. The van der Waals surface area contributed by atoms with Gasteiger partial charge in [0, 0.05) is 38.4 Å². The molecule has 1 aromatic carbocycles. The summed E-state index contributed by atoms with van der Waals surface area (Å²) in [7, 11) is 1.57. The number of methoxy groups -OCH3 is 1. The van der Waals surface area contributed by atoms with Gasteiger partial charge in [0.2, 0.25) is 0 Å². The topological polar surface area (TPSA) is 64.0 Å². The van der Waals surface area contributed by atoms with Crippen molar-refractivity contribution >= 4 is 5.91 Å². The number of pyridine rings is 1. The number of hydrogen-bond donors (Lipinski definition) is 0. The Morgan fingerprint density at radius 2 is 1.77 bits per heavy atom. The number of para-hydroxylation sites is 2. The fourth-order valence-electron chi connectivity index (χ4n) is 4.44. The van der Waals surface area contributed by atoms with Crippen LogP contribution in [-0.4, -0.2) is 72.8 Å². The highest BCUT2D eigenvalue weighted by Crippen LogP contribution is 2.23. The molecule has 0 N–H and O–H groups in total. The number of likely N-dealkylation sites (tertiary alicyclic amines) is 1. The van der Waals surface area contributed by atoms with Gasteiger partial charge in [0.1, 0.15) is 11.3 Å². The normalized spacial score (nSPS) is 18.4. The highest BCUT2D eigenvalue weighted by Gasteiger charge is 2.30. The molecule has 0 radical (unpaired) electrons. The third kappa shape index (κ3) is 4.00. The molecule has 0 spiro atoms. The quantitative estimate of drug-likeness (QED) is 0.771. The van der Waals surface area contributed by atoms with Crippen LogP contribution in [0, 0.1) is 6.92 Å². The Bertz CT molecular complexity index is 957. The zero-order valence-corrected chi connectivity index (χ0v) is 17.7. The van der Waals surface area contributed by atoms with Crippen molar-refractivity contribution in [1.82, 2.24) is 14.4 Å². The zero-order valence-electron chi connectivity index (χ0n) is 17.7. The maximum absolute atomic E-state index is 13.3. The van der Waals surface area contributed by atoms with E-state index in [2.05, 4.69) is 4.90 Å². The molecule has 2 fully saturated rings. The van der Waals surface area contributed by atoms with Gasteiger partial charge in [-0.15, -0.1) is 0 Å². The molecule has 0 aliphatic carbocycles. The number of aryl methyl sites for hydroxylation is 1. The number of hydrogen-bond acceptors (Lipinski definition) is 5. The van der Waals surface area contributed by atoms with E-state index in [1.54, 1.807) is 19.4 Å². The number of carbonyl (C=O) groups excluding carboxylic acids is 1. The highest BCUT2D eigenvalue weighted by molar-refractivity contribution is 5.95. The van der Waals surface area contributed by atoms with Crippen molar-refractivity contribution in [3.63, 3.8) is 0 Å². The molecule has 1 aromatic heterocycles. The lowest BCUT2D eigenvalue weighted by Gasteiger charge is -2.40. The molecule has 0 saturated carbocycles. The van der Waals surface area contributed by atoms with Crippen molar-refractivity contribution in [1.29, 1.82) is 0 Å². The molecular formula is C23H29N3O4. The molecule has 3 heterocycles. The highest BCUT2D eigenvalue weighted by atomic mass is 16.5. The molecule has 1 amide bonds. The number of benzene rings is 1. The molecule has 2 aliphatic rings. The van der Waals surface area contributed by atoms with Crippen LogP contribution in [-0.2, 0) is 4.74 Å². The SMILES string of the molecule is COc1ccccc1-n1ccc(C)c(C(=O)N2CCC(N3CCOCC3)CC2)c1=O. The number of nitrogens with zero attached hydrogens (tertiary/aromatic N) is 3. The van der Waals surface area contributed by atoms with Crippen molar-refractivity contribution in [3.05, 3.63) is 58.0 Å². The lowest BCUT2D eigenvalue weighted by Crippen LogP contribution is -2.50. The minimum absolute atomic E-state index is 0.179. The molecule has 4 rings (SSSR count). The first-order chi connectivity index (χ1) is 14.6. The summed E-state index contributed by atoms with van der Waals surface area (Å²) in [5.74, 6) is 0.412. The smallest absolute Gasteiger partial charge is 0.268 e. The van der Waals surface area contributed by atoms with Gasteiger partial charge in [0.05, 0.1) is 26.0 Å². The lowest BCUT2D eigenvalue weighted by molar-refractivity contribution is 0.00156. The number of rotatable bonds is 4. The first-order valence-electron chi connectivity index (χ1n) is 10.6. The first kappa shape index (κ1) is 20.6. The zero-order chi connectivity index (χ0) is 21.1. The summed E-state index contributed by atoms with van der Waals surface area (Å²) in [6, 6.07) is 9.63. The number of aromatic nitrogens is 1. The average molecular weight is 412 g/mol. The van der Waals surface area contributed by atoms with Crippen LogP contribution in [0.3, 0.4) is 0 Å². The number of carbonyl (C=O) groups is 1. The van der Waals surface area contributed by atoms with Crippen LogP contribution in [0.5, 0.6) is 5.75 Å². The molecule has 160 valence electrons. The summed E-state index contributed by atoms with van der Waals surface area (Å²) in [5.41, 5.74) is 1.27. The van der Waals surface area contributed by atoms with Gasteiger partial charge in [-0.1, -0.05) is 12.1 Å². The van der Waals surface area contributed by atoms with E-state index in [-0.39, 0.29) is 17.0 Å². The Kier molecular flexibility index (Phi) is 6.20. The Balaban J connectivity index is 1.55. The molecule has 0 bridgehead atoms. The Hall–Kier alpha value is -2.64. The molecule has 2 aromatic rings. The fraction of sp³-hybridized carbons (Fsp3) is 0.478. The van der Waals surface area contributed by atoms with Gasteiger partial charge in [-0.2, -0.15) is 0 Å². The maximum Gasteiger partial charge on any atom is 0.268 e. The molecule has 2 saturated heterocycles. The van der Waals surface area contributed by atoms with Crippen LogP contribution in [0.2, 0.25) is 0 Å². The predicted octanol–water partition coefficient (Wildman–Crippen LogP) is 2.09. The van der Waals surface area contributed by atoms with E-state index >= 15 is 0 Å². The Morgan fingerprint density at radius 3 is 2.47 bits per heavy atom. The molecule has 2 aliphatic heterocycles. The van der Waals surface area contributed by atoms with Crippen molar-refractivity contribution in [3.8, 4) is 11.4 Å². The Morgan fingerprint density at radius 1 is 1.07 bits per heavy atom. The monoisotopic (exact) mass is 411 g/mol. The molecule has 7 heteroatoms. The van der Waals surface area contributed by atoms with Crippen LogP contribution in [0.4, 0.5) is 0 Å². The van der Waals surface area contributed by atoms with Crippen LogP contribution < -0.4 is 10.3 Å². The van der Waals surface area contributed by atoms with E-state index in [1.807, 2.05) is 36.1 Å². The van der Waals surface area contributed by atoms with Gasteiger partial charge in [-0.25, -0.2) is 0 Å². The minimum Gasteiger partial charge on any atom is -0.495 e. The second kappa shape index (κ2) is 9.02. The summed E-state index contributed by atoms with van der Waals surface area (Å²) in [6.07, 6.45) is 3.56. The molecule has 30 heavy (non-hydrogen) atoms. The Labute approximate surface area is 176 Å². The van der Waals surface area contributed by atoms with Crippen LogP contribution >= 0.6 is 0 Å². The third-order valence-electron chi connectivity index (χ3n) is 6.17. The first-order valence-corrected chi connectivity index (χ1v) is 10.6. The number of morpholine rings is 1. The number of piperidine rings is 1. The van der Waals surface area contributed by atoms with E-state index in [9.17, 15) is 9.59 Å². The number of ether oxygens (including phenoxy) is 2. The van der Waals surface area contributed by atoms with Gasteiger partial charge >= 0.3 is 0 Å². The van der Waals surface area contributed by atoms with Crippen molar-refractivity contribution in [2.45, 2.75) is 25.8 Å². The van der Waals surface area contributed by atoms with Crippen LogP contribution in [0.25, 0.3) is 5.69 Å². The summed E-state index contributed by atoms with van der Waals surface area (Å²) >= 11 is 0. The van der Waals surface area contributed by atoms with Gasteiger partial charge in [0.25, 0.3) is 11.5 Å². The van der Waals surface area contributed by atoms with E-state index in [4.69, 9.17) is 9.47 Å². The minimum atomic E-state index is -0.306. The van der Waals surface area contributed by atoms with Crippen molar-refractivity contribution < 1.29 is 14.3 Å². The van der Waals surface area contributed by atoms with E-state index < -0.39 is 0 Å². The van der Waals surface area contributed by atoms with Crippen LogP contribution in [0.1, 0.15) is 28.8 Å². The fourth-order valence-corrected chi connectivity index (χ4v) is 4.44. The predicted molar refractivity (Wildman–Crippen MR) is 115 cm³/mol. The molecule has 0 atom stereocenters. The second-order valence-electron chi connectivity index (χ2n) is 7.89. The second-order valence-corrected chi connectivity index (χ2v) is 7.89. The largest absolute Gasteiger partial charge is 0.495 e. The van der Waals surface area contributed by atoms with E-state index in [0.717, 1.165) is 39.1 Å². The standard InChI is InChI=1S/C23H29N3O4/c1-17-7-12-26(19-5-3-4-6-20(19)29-2)23(28)21(17)22(27)25-10-8-18(9-11-25)24-13-15-30-16-14-24/h3-7,12,18H,8-11,13-16H2,1-2H3.